The molecule has 1 aromatic carbocycles. The summed E-state index contributed by atoms with van der Waals surface area (Å²) in [4.78, 5) is 21.3. The second-order valence-electron chi connectivity index (χ2n) is 5.46. The van der Waals surface area contributed by atoms with E-state index in [1.165, 1.54) is 0 Å². The van der Waals surface area contributed by atoms with Gasteiger partial charge in [0, 0.05) is 37.7 Å². The molecule has 0 saturated carbocycles. The highest BCUT2D eigenvalue weighted by Crippen LogP contribution is 2.15. The molecule has 0 aliphatic carbocycles. The lowest BCUT2D eigenvalue weighted by Gasteiger charge is -2.16. The summed E-state index contributed by atoms with van der Waals surface area (Å²) in [5.74, 6) is 1.06. The van der Waals surface area contributed by atoms with Crippen LogP contribution in [-0.2, 0) is 6.54 Å². The molecule has 10 nitrogen and oxygen atoms in total. The Balaban J connectivity index is 0.000000228. The standard InChI is InChI=1S/C11H12ClN3O2.C4H7N3O2/c12-10-3-1-9(2-4-10)7-14-6-5-13-11(14)8-15(16)17;8-7(9)3-4-5-1-2-6-4/h1-4,8,13H,5-7H2;3,5-6H,1-2H2. The zero-order valence-electron chi connectivity index (χ0n) is 13.9. The molecule has 0 spiro atoms. The molecular formula is C15H19ClN6O4. The molecule has 0 amide bonds. The number of rotatable bonds is 4. The normalized spacial score (nSPS) is 16.9. The van der Waals surface area contributed by atoms with E-state index in [1.807, 2.05) is 29.2 Å². The maximum Gasteiger partial charge on any atom is 0.274 e. The second-order valence-corrected chi connectivity index (χ2v) is 5.89. The molecule has 11 heteroatoms. The minimum absolute atomic E-state index is 0.442. The van der Waals surface area contributed by atoms with Crippen LogP contribution in [0.4, 0.5) is 0 Å². The maximum atomic E-state index is 10.4. The molecule has 0 atom stereocenters. The van der Waals surface area contributed by atoms with Crippen molar-refractivity contribution < 1.29 is 9.85 Å². The number of hydrogen-bond acceptors (Lipinski definition) is 8. The van der Waals surface area contributed by atoms with Crippen molar-refractivity contribution in [2.75, 3.05) is 26.2 Å². The maximum absolute atomic E-state index is 10.4. The molecule has 2 saturated heterocycles. The van der Waals surface area contributed by atoms with Crippen LogP contribution < -0.4 is 16.0 Å². The fourth-order valence-electron chi connectivity index (χ4n) is 2.41. The fraction of sp³-hybridized carbons (Fsp3) is 0.333. The van der Waals surface area contributed by atoms with Gasteiger partial charge in [0.2, 0.25) is 0 Å². The average molecular weight is 383 g/mol. The Hall–Kier alpha value is -3.01. The van der Waals surface area contributed by atoms with Gasteiger partial charge in [0.1, 0.15) is 0 Å². The summed E-state index contributed by atoms with van der Waals surface area (Å²) < 4.78 is 0. The molecule has 2 aliphatic heterocycles. The van der Waals surface area contributed by atoms with Gasteiger partial charge in [0.05, 0.1) is 9.85 Å². The van der Waals surface area contributed by atoms with Gasteiger partial charge >= 0.3 is 0 Å². The Bertz CT molecular complexity index is 699. The lowest BCUT2D eigenvalue weighted by atomic mass is 10.2. The first-order valence-electron chi connectivity index (χ1n) is 7.85. The summed E-state index contributed by atoms with van der Waals surface area (Å²) in [5.41, 5.74) is 1.08. The van der Waals surface area contributed by atoms with Crippen molar-refractivity contribution in [1.82, 2.24) is 20.9 Å². The van der Waals surface area contributed by atoms with E-state index in [0.29, 0.717) is 23.2 Å². The quantitative estimate of drug-likeness (QED) is 0.521. The zero-order valence-corrected chi connectivity index (χ0v) is 14.6. The van der Waals surface area contributed by atoms with Gasteiger partial charge in [-0.1, -0.05) is 23.7 Å². The second kappa shape index (κ2) is 9.47. The van der Waals surface area contributed by atoms with Crippen molar-refractivity contribution in [2.24, 2.45) is 0 Å². The molecule has 0 unspecified atom stereocenters. The molecule has 3 rings (SSSR count). The monoisotopic (exact) mass is 382 g/mol. The number of nitro groups is 2. The molecule has 2 fully saturated rings. The minimum Gasteiger partial charge on any atom is -0.365 e. The van der Waals surface area contributed by atoms with Crippen molar-refractivity contribution in [2.45, 2.75) is 6.54 Å². The summed E-state index contributed by atoms with van der Waals surface area (Å²) in [6, 6.07) is 7.48. The van der Waals surface area contributed by atoms with Crippen molar-refractivity contribution in [1.29, 1.82) is 0 Å². The third-order valence-corrected chi connectivity index (χ3v) is 3.79. The van der Waals surface area contributed by atoms with Crippen molar-refractivity contribution in [3.8, 4) is 0 Å². The van der Waals surface area contributed by atoms with E-state index >= 15 is 0 Å². The SMILES string of the molecule is O=[N+]([O-])C=C1NCCN1.O=[N+]([O-])C=C1NCCN1Cc1ccc(Cl)cc1. The number of hydrogen-bond donors (Lipinski definition) is 3. The Morgan fingerprint density at radius 1 is 1.00 bits per heavy atom. The van der Waals surface area contributed by atoms with E-state index in [-0.39, 0.29) is 0 Å². The van der Waals surface area contributed by atoms with Crippen LogP contribution in [0.25, 0.3) is 0 Å². The minimum atomic E-state index is -0.485. The molecule has 26 heavy (non-hydrogen) atoms. The molecule has 0 radical (unpaired) electrons. The number of nitrogens with one attached hydrogen (secondary N) is 3. The first-order valence-corrected chi connectivity index (χ1v) is 8.23. The van der Waals surface area contributed by atoms with Gasteiger partial charge in [-0.2, -0.15) is 0 Å². The van der Waals surface area contributed by atoms with E-state index in [1.54, 1.807) is 0 Å². The first-order chi connectivity index (χ1) is 12.4. The van der Waals surface area contributed by atoms with Gasteiger partial charge in [-0.15, -0.1) is 0 Å². The molecular weight excluding hydrogens is 364 g/mol. The fourth-order valence-corrected chi connectivity index (χ4v) is 2.53. The molecule has 3 N–H and O–H groups in total. The van der Waals surface area contributed by atoms with Crippen LogP contribution in [0.3, 0.4) is 0 Å². The van der Waals surface area contributed by atoms with E-state index < -0.39 is 9.85 Å². The summed E-state index contributed by atoms with van der Waals surface area (Å²) in [6.45, 7) is 3.67. The molecule has 0 aromatic heterocycles. The van der Waals surface area contributed by atoms with Crippen LogP contribution in [0.2, 0.25) is 5.02 Å². The Morgan fingerprint density at radius 3 is 2.19 bits per heavy atom. The largest absolute Gasteiger partial charge is 0.365 e. The van der Waals surface area contributed by atoms with Crippen LogP contribution in [0, 0.1) is 20.2 Å². The average Bonchev–Trinajstić information content (AvgIpc) is 3.22. The molecule has 2 aliphatic rings. The lowest BCUT2D eigenvalue weighted by molar-refractivity contribution is -0.404. The van der Waals surface area contributed by atoms with Gasteiger partial charge in [-0.25, -0.2) is 0 Å². The molecule has 2 heterocycles. The number of benzene rings is 1. The first kappa shape index (κ1) is 19.3. The topological polar surface area (TPSA) is 126 Å². The van der Waals surface area contributed by atoms with Crippen LogP contribution >= 0.6 is 11.6 Å². The Morgan fingerprint density at radius 2 is 1.62 bits per heavy atom. The number of nitrogens with zero attached hydrogens (tertiary/aromatic N) is 3. The third-order valence-electron chi connectivity index (χ3n) is 3.53. The van der Waals surface area contributed by atoms with Crippen molar-refractivity contribution in [3.63, 3.8) is 0 Å². The smallest absolute Gasteiger partial charge is 0.274 e. The summed E-state index contributed by atoms with van der Waals surface area (Å²) in [6.07, 6.45) is 1.93. The van der Waals surface area contributed by atoms with E-state index in [4.69, 9.17) is 11.6 Å². The van der Waals surface area contributed by atoms with Gasteiger partial charge in [-0.3, -0.25) is 20.2 Å². The predicted octanol–water partition coefficient (Wildman–Crippen LogP) is 1.08. The van der Waals surface area contributed by atoms with E-state index in [9.17, 15) is 20.2 Å². The third kappa shape index (κ3) is 6.48. The summed E-state index contributed by atoms with van der Waals surface area (Å²) >= 11 is 5.80. The van der Waals surface area contributed by atoms with Crippen LogP contribution in [0.15, 0.2) is 48.3 Å². The van der Waals surface area contributed by atoms with Crippen LogP contribution in [-0.4, -0.2) is 40.9 Å². The molecule has 1 aromatic rings. The van der Waals surface area contributed by atoms with E-state index in [2.05, 4.69) is 16.0 Å². The van der Waals surface area contributed by atoms with Gasteiger partial charge in [0.25, 0.3) is 12.4 Å². The summed E-state index contributed by atoms with van der Waals surface area (Å²) in [7, 11) is 0. The van der Waals surface area contributed by atoms with Crippen LogP contribution in [0.5, 0.6) is 0 Å². The van der Waals surface area contributed by atoms with Crippen molar-refractivity contribution >= 4 is 11.6 Å². The lowest BCUT2D eigenvalue weighted by Crippen LogP contribution is -2.20. The molecule has 0 bridgehead atoms. The highest BCUT2D eigenvalue weighted by atomic mass is 35.5. The zero-order chi connectivity index (χ0) is 18.9. The van der Waals surface area contributed by atoms with Crippen LogP contribution in [0.1, 0.15) is 5.56 Å². The highest BCUT2D eigenvalue weighted by Gasteiger charge is 2.19. The number of halogens is 1. The van der Waals surface area contributed by atoms with Gasteiger partial charge in [0.15, 0.2) is 11.6 Å². The Labute approximate surface area is 154 Å². The predicted molar refractivity (Wildman–Crippen MR) is 96.0 cm³/mol. The van der Waals surface area contributed by atoms with E-state index in [0.717, 1.165) is 44.1 Å². The van der Waals surface area contributed by atoms with Gasteiger partial charge in [-0.05, 0) is 17.7 Å². The molecule has 140 valence electrons. The highest BCUT2D eigenvalue weighted by molar-refractivity contribution is 6.30. The van der Waals surface area contributed by atoms with Gasteiger partial charge < -0.3 is 20.9 Å². The van der Waals surface area contributed by atoms with Crippen molar-refractivity contribution in [3.05, 3.63) is 79.1 Å². The summed E-state index contributed by atoms with van der Waals surface area (Å²) in [5, 5.41) is 29.5. The Kier molecular flexibility index (Phi) is 7.03.